The zero-order valence-electron chi connectivity index (χ0n) is 17.2. The maximum absolute atomic E-state index is 12.2. The van der Waals surface area contributed by atoms with Gasteiger partial charge >= 0.3 is 5.97 Å². The molecule has 0 radical (unpaired) electrons. The van der Waals surface area contributed by atoms with Crippen LogP contribution in [0.4, 0.5) is 0 Å². The predicted molar refractivity (Wildman–Crippen MR) is 107 cm³/mol. The van der Waals surface area contributed by atoms with Crippen LogP contribution < -0.4 is 10.1 Å². The van der Waals surface area contributed by atoms with Gasteiger partial charge < -0.3 is 24.4 Å². The summed E-state index contributed by atoms with van der Waals surface area (Å²) < 4.78 is 15.7. The van der Waals surface area contributed by atoms with Crippen molar-refractivity contribution in [1.29, 1.82) is 0 Å². The lowest BCUT2D eigenvalue weighted by molar-refractivity contribution is -0.158. The second-order valence-corrected chi connectivity index (χ2v) is 7.00. The minimum atomic E-state index is -0.877. The van der Waals surface area contributed by atoms with E-state index >= 15 is 0 Å². The van der Waals surface area contributed by atoms with E-state index in [-0.39, 0.29) is 24.7 Å². The molecule has 0 spiro atoms. The molecule has 2 amide bonds. The summed E-state index contributed by atoms with van der Waals surface area (Å²) in [5, 5.41) is 2.52. The smallest absolute Gasteiger partial charge is 0.328 e. The number of carbonyl (C=O) groups excluding carboxylic acids is 3. The Kier molecular flexibility index (Phi) is 8.21. The zero-order chi connectivity index (χ0) is 21.4. The molecule has 1 aromatic rings. The first kappa shape index (κ1) is 22.4. The summed E-state index contributed by atoms with van der Waals surface area (Å²) in [6, 6.07) is 6.30. The van der Waals surface area contributed by atoms with Crippen molar-refractivity contribution in [2.45, 2.75) is 39.0 Å². The highest BCUT2D eigenvalue weighted by Crippen LogP contribution is 2.12. The minimum absolute atomic E-state index is 0.0610. The number of hydrogen-bond acceptors (Lipinski definition) is 6. The Labute approximate surface area is 170 Å². The lowest BCUT2D eigenvalue weighted by atomic mass is 10.2. The number of hydrogen-bond donors (Lipinski definition) is 1. The standard InChI is InChI=1S/C21H28N2O6/c1-14-11-23(12-15(2)29-14)20(25)13-28-21(26)16(3)22-19(24)10-7-17-5-8-18(27-4)9-6-17/h5-10,14-16H,11-13H2,1-4H3,(H,22,24)/b10-7+/t14-,15+,16-/m0/s1. The van der Waals surface area contributed by atoms with Crippen LogP contribution in [-0.4, -0.2) is 67.7 Å². The van der Waals surface area contributed by atoms with Gasteiger partial charge in [0, 0.05) is 19.2 Å². The first-order valence-electron chi connectivity index (χ1n) is 9.51. The molecule has 8 nitrogen and oxygen atoms in total. The fourth-order valence-corrected chi connectivity index (χ4v) is 2.94. The van der Waals surface area contributed by atoms with Gasteiger partial charge in [0.1, 0.15) is 11.8 Å². The molecule has 1 heterocycles. The second-order valence-electron chi connectivity index (χ2n) is 7.00. The topological polar surface area (TPSA) is 94.2 Å². The number of nitrogens with one attached hydrogen (secondary N) is 1. The summed E-state index contributed by atoms with van der Waals surface area (Å²) >= 11 is 0. The Morgan fingerprint density at radius 3 is 2.41 bits per heavy atom. The fourth-order valence-electron chi connectivity index (χ4n) is 2.94. The Hall–Kier alpha value is -2.87. The summed E-state index contributed by atoms with van der Waals surface area (Å²) in [5.74, 6) is -0.664. The lowest BCUT2D eigenvalue weighted by Crippen LogP contribution is -2.49. The van der Waals surface area contributed by atoms with E-state index < -0.39 is 17.9 Å². The van der Waals surface area contributed by atoms with Crippen molar-refractivity contribution in [1.82, 2.24) is 10.2 Å². The van der Waals surface area contributed by atoms with Gasteiger partial charge in [-0.15, -0.1) is 0 Å². The molecular weight excluding hydrogens is 376 g/mol. The minimum Gasteiger partial charge on any atom is -0.497 e. The Balaban J connectivity index is 1.76. The van der Waals surface area contributed by atoms with E-state index in [9.17, 15) is 14.4 Å². The largest absolute Gasteiger partial charge is 0.497 e. The molecule has 0 aliphatic carbocycles. The summed E-state index contributed by atoms with van der Waals surface area (Å²) in [4.78, 5) is 37.9. The van der Waals surface area contributed by atoms with Gasteiger partial charge in [-0.25, -0.2) is 4.79 Å². The summed E-state index contributed by atoms with van der Waals surface area (Å²) in [5.41, 5.74) is 0.816. The molecule has 8 heteroatoms. The Morgan fingerprint density at radius 1 is 1.21 bits per heavy atom. The molecule has 0 unspecified atom stereocenters. The average molecular weight is 404 g/mol. The third-order valence-electron chi connectivity index (χ3n) is 4.37. The number of methoxy groups -OCH3 is 1. The van der Waals surface area contributed by atoms with E-state index in [0.717, 1.165) is 11.3 Å². The normalized spacial score (nSPS) is 20.2. The quantitative estimate of drug-likeness (QED) is 0.545. The van der Waals surface area contributed by atoms with Crippen LogP contribution in [0.2, 0.25) is 0 Å². The van der Waals surface area contributed by atoms with E-state index in [2.05, 4.69) is 5.32 Å². The van der Waals surface area contributed by atoms with Gasteiger partial charge in [0.25, 0.3) is 5.91 Å². The van der Waals surface area contributed by atoms with Crippen LogP contribution in [0.5, 0.6) is 5.75 Å². The molecule has 1 fully saturated rings. The molecule has 3 atom stereocenters. The molecule has 1 aliphatic rings. The third-order valence-corrected chi connectivity index (χ3v) is 4.37. The number of benzene rings is 1. The van der Waals surface area contributed by atoms with Crippen molar-refractivity contribution in [3.05, 3.63) is 35.9 Å². The first-order chi connectivity index (χ1) is 13.8. The van der Waals surface area contributed by atoms with E-state index in [4.69, 9.17) is 14.2 Å². The lowest BCUT2D eigenvalue weighted by Gasteiger charge is -2.35. The predicted octanol–water partition coefficient (Wildman–Crippen LogP) is 1.39. The van der Waals surface area contributed by atoms with E-state index in [0.29, 0.717) is 13.1 Å². The van der Waals surface area contributed by atoms with Gasteiger partial charge in [-0.2, -0.15) is 0 Å². The van der Waals surface area contributed by atoms with Crippen molar-refractivity contribution in [2.24, 2.45) is 0 Å². The number of ether oxygens (including phenoxy) is 3. The molecule has 1 aromatic carbocycles. The molecule has 1 N–H and O–H groups in total. The highest BCUT2D eigenvalue weighted by atomic mass is 16.5. The number of morpholine rings is 1. The highest BCUT2D eigenvalue weighted by Gasteiger charge is 2.27. The number of nitrogens with zero attached hydrogens (tertiary/aromatic N) is 1. The van der Waals surface area contributed by atoms with Gasteiger partial charge in [0.2, 0.25) is 5.91 Å². The SMILES string of the molecule is COc1ccc(/C=C/C(=O)N[C@@H](C)C(=O)OCC(=O)N2C[C@@H](C)O[C@@H](C)C2)cc1. The highest BCUT2D eigenvalue weighted by molar-refractivity contribution is 5.94. The number of amides is 2. The fraction of sp³-hybridized carbons (Fsp3) is 0.476. The molecule has 0 saturated carbocycles. The van der Waals surface area contributed by atoms with Crippen molar-refractivity contribution in [2.75, 3.05) is 26.8 Å². The summed E-state index contributed by atoms with van der Waals surface area (Å²) in [7, 11) is 1.58. The number of carbonyl (C=O) groups is 3. The molecule has 29 heavy (non-hydrogen) atoms. The molecule has 0 bridgehead atoms. The Morgan fingerprint density at radius 2 is 1.83 bits per heavy atom. The van der Waals surface area contributed by atoms with Crippen LogP contribution in [0.25, 0.3) is 6.08 Å². The monoisotopic (exact) mass is 404 g/mol. The summed E-state index contributed by atoms with van der Waals surface area (Å²) in [6.45, 7) is 5.84. The first-order valence-corrected chi connectivity index (χ1v) is 9.51. The van der Waals surface area contributed by atoms with Crippen LogP contribution in [0, 0.1) is 0 Å². The van der Waals surface area contributed by atoms with Gasteiger partial charge in [0.05, 0.1) is 19.3 Å². The average Bonchev–Trinajstić information content (AvgIpc) is 2.69. The van der Waals surface area contributed by atoms with Crippen molar-refractivity contribution >= 4 is 23.9 Å². The van der Waals surface area contributed by atoms with Crippen LogP contribution >= 0.6 is 0 Å². The third kappa shape index (κ3) is 7.23. The maximum atomic E-state index is 12.2. The van der Waals surface area contributed by atoms with Gasteiger partial charge in [0.15, 0.2) is 6.61 Å². The zero-order valence-corrected chi connectivity index (χ0v) is 17.2. The van der Waals surface area contributed by atoms with E-state index in [1.165, 1.54) is 13.0 Å². The van der Waals surface area contributed by atoms with Crippen LogP contribution in [-0.2, 0) is 23.9 Å². The molecule has 1 saturated heterocycles. The van der Waals surface area contributed by atoms with Crippen molar-refractivity contribution in [3.8, 4) is 5.75 Å². The van der Waals surface area contributed by atoms with E-state index in [1.54, 1.807) is 42.4 Å². The van der Waals surface area contributed by atoms with Crippen molar-refractivity contribution < 1.29 is 28.6 Å². The molecule has 0 aromatic heterocycles. The molecule has 1 aliphatic heterocycles. The number of esters is 1. The molecule has 2 rings (SSSR count). The maximum Gasteiger partial charge on any atom is 0.328 e. The van der Waals surface area contributed by atoms with Crippen LogP contribution in [0.1, 0.15) is 26.3 Å². The Bertz CT molecular complexity index is 736. The van der Waals surface area contributed by atoms with Crippen LogP contribution in [0.15, 0.2) is 30.3 Å². The number of rotatable bonds is 7. The second kappa shape index (κ2) is 10.6. The van der Waals surface area contributed by atoms with Gasteiger partial charge in [-0.3, -0.25) is 9.59 Å². The van der Waals surface area contributed by atoms with Crippen LogP contribution in [0.3, 0.4) is 0 Å². The molecule has 158 valence electrons. The van der Waals surface area contributed by atoms with Gasteiger partial charge in [-0.05, 0) is 44.5 Å². The summed E-state index contributed by atoms with van der Waals surface area (Å²) in [6.07, 6.45) is 2.83. The van der Waals surface area contributed by atoms with E-state index in [1.807, 2.05) is 13.8 Å². The van der Waals surface area contributed by atoms with Gasteiger partial charge in [-0.1, -0.05) is 12.1 Å². The molecular formula is C21H28N2O6. The van der Waals surface area contributed by atoms with Crippen molar-refractivity contribution in [3.63, 3.8) is 0 Å².